The number of thiophene rings is 1. The molecule has 1 atom stereocenters. The fraction of sp³-hybridized carbons (Fsp3) is 0.231. The lowest BCUT2D eigenvalue weighted by Gasteiger charge is -2.18. The predicted molar refractivity (Wildman–Crippen MR) is 86.6 cm³/mol. The van der Waals surface area contributed by atoms with Crippen molar-refractivity contribution >= 4 is 54.8 Å². The second kappa shape index (κ2) is 6.83. The van der Waals surface area contributed by atoms with Crippen LogP contribution in [-0.2, 0) is 0 Å². The van der Waals surface area contributed by atoms with Crippen molar-refractivity contribution in [3.8, 4) is 0 Å². The van der Waals surface area contributed by atoms with Gasteiger partial charge in [0.15, 0.2) is 0 Å². The minimum Gasteiger partial charge on any atom is -0.306 e. The van der Waals surface area contributed by atoms with E-state index in [1.54, 1.807) is 0 Å². The maximum atomic E-state index is 14.1. The molecule has 1 aromatic heterocycles. The highest BCUT2D eigenvalue weighted by molar-refractivity contribution is 9.13. The lowest BCUT2D eigenvalue weighted by molar-refractivity contribution is 0.548. The molecule has 0 spiro atoms. The second-order valence-electron chi connectivity index (χ2n) is 4.05. The van der Waals surface area contributed by atoms with Crippen molar-refractivity contribution in [2.75, 3.05) is 6.54 Å². The van der Waals surface area contributed by atoms with Crippen LogP contribution in [0.1, 0.15) is 23.4 Å². The third-order valence-electron chi connectivity index (χ3n) is 2.71. The smallest absolute Gasteiger partial charge is 0.142 e. The topological polar surface area (TPSA) is 12.0 Å². The zero-order valence-electron chi connectivity index (χ0n) is 10.3. The van der Waals surface area contributed by atoms with Gasteiger partial charge in [-0.15, -0.1) is 11.3 Å². The average Bonchev–Trinajstić information content (AvgIpc) is 2.71. The Bertz CT molecular complexity index is 614. The Balaban J connectivity index is 2.50. The Morgan fingerprint density at radius 1 is 1.25 bits per heavy atom. The largest absolute Gasteiger partial charge is 0.306 e. The Morgan fingerprint density at radius 3 is 2.50 bits per heavy atom. The van der Waals surface area contributed by atoms with Gasteiger partial charge in [0, 0.05) is 14.9 Å². The van der Waals surface area contributed by atoms with E-state index in [2.05, 4.69) is 37.2 Å². The molecule has 0 aliphatic heterocycles. The summed E-state index contributed by atoms with van der Waals surface area (Å²) in [4.78, 5) is 0.881. The molecule has 0 saturated heterocycles. The van der Waals surface area contributed by atoms with Crippen LogP contribution in [0.15, 0.2) is 26.5 Å². The normalized spacial score (nSPS) is 12.7. The minimum absolute atomic E-state index is 0.213. The van der Waals surface area contributed by atoms with Gasteiger partial charge < -0.3 is 5.32 Å². The molecule has 0 aliphatic rings. The molecule has 1 unspecified atom stereocenters. The van der Waals surface area contributed by atoms with Gasteiger partial charge in [0.05, 0.1) is 14.9 Å². The van der Waals surface area contributed by atoms with Gasteiger partial charge in [-0.05, 0) is 56.6 Å². The highest BCUT2D eigenvalue weighted by Gasteiger charge is 2.22. The van der Waals surface area contributed by atoms with E-state index < -0.39 is 17.7 Å². The standard InChI is InChI=1S/C13H10Br2ClF2NS/c1-2-19-12(11-4-7(14)13(15)20-11)6-3-10(18)8(16)5-9(6)17/h3-5,12,19H,2H2,1H3. The average molecular weight is 446 g/mol. The van der Waals surface area contributed by atoms with Crippen molar-refractivity contribution in [2.24, 2.45) is 0 Å². The summed E-state index contributed by atoms with van der Waals surface area (Å²) in [7, 11) is 0. The van der Waals surface area contributed by atoms with Gasteiger partial charge in [-0.1, -0.05) is 18.5 Å². The van der Waals surface area contributed by atoms with Gasteiger partial charge in [-0.25, -0.2) is 8.78 Å². The fourth-order valence-corrected chi connectivity index (χ4v) is 4.17. The number of benzene rings is 1. The highest BCUT2D eigenvalue weighted by Crippen LogP contribution is 2.38. The van der Waals surface area contributed by atoms with Crippen molar-refractivity contribution in [1.29, 1.82) is 0 Å². The monoisotopic (exact) mass is 443 g/mol. The van der Waals surface area contributed by atoms with E-state index in [0.29, 0.717) is 6.54 Å². The lowest BCUT2D eigenvalue weighted by Crippen LogP contribution is -2.22. The molecule has 0 amide bonds. The minimum atomic E-state index is -0.624. The summed E-state index contributed by atoms with van der Waals surface area (Å²) in [5.74, 6) is -1.15. The molecule has 7 heteroatoms. The summed E-state index contributed by atoms with van der Waals surface area (Å²) >= 11 is 13.9. The Hall–Kier alpha value is -0.0100. The molecule has 0 saturated carbocycles. The van der Waals surface area contributed by atoms with E-state index in [4.69, 9.17) is 11.6 Å². The Kier molecular flexibility index (Phi) is 5.59. The van der Waals surface area contributed by atoms with Gasteiger partial charge in [0.2, 0.25) is 0 Å². The molecular formula is C13H10Br2ClF2NS. The van der Waals surface area contributed by atoms with E-state index in [-0.39, 0.29) is 10.6 Å². The van der Waals surface area contributed by atoms with Crippen molar-refractivity contribution in [3.05, 3.63) is 53.6 Å². The number of rotatable bonds is 4. The molecule has 20 heavy (non-hydrogen) atoms. The van der Waals surface area contributed by atoms with Gasteiger partial charge in [-0.2, -0.15) is 0 Å². The van der Waals surface area contributed by atoms with Crippen LogP contribution in [0, 0.1) is 11.6 Å². The molecule has 1 N–H and O–H groups in total. The summed E-state index contributed by atoms with van der Waals surface area (Å²) < 4.78 is 29.5. The second-order valence-corrected chi connectivity index (χ2v) is 7.71. The van der Waals surface area contributed by atoms with E-state index >= 15 is 0 Å². The molecule has 1 nitrogen and oxygen atoms in total. The van der Waals surface area contributed by atoms with Gasteiger partial charge in [0.25, 0.3) is 0 Å². The highest BCUT2D eigenvalue weighted by atomic mass is 79.9. The maximum absolute atomic E-state index is 14.1. The number of halogens is 5. The van der Waals surface area contributed by atoms with Gasteiger partial charge in [-0.3, -0.25) is 0 Å². The fourth-order valence-electron chi connectivity index (χ4n) is 1.83. The van der Waals surface area contributed by atoms with Crippen LogP contribution in [0.5, 0.6) is 0 Å². The first-order chi connectivity index (χ1) is 9.43. The van der Waals surface area contributed by atoms with E-state index in [1.165, 1.54) is 11.3 Å². The molecule has 0 bridgehead atoms. The first-order valence-electron chi connectivity index (χ1n) is 5.76. The van der Waals surface area contributed by atoms with Crippen LogP contribution in [0.3, 0.4) is 0 Å². The molecule has 0 radical (unpaired) electrons. The van der Waals surface area contributed by atoms with Crippen LogP contribution >= 0.6 is 54.8 Å². The summed E-state index contributed by atoms with van der Waals surface area (Å²) in [6, 6.07) is 3.62. The summed E-state index contributed by atoms with van der Waals surface area (Å²) in [5.41, 5.74) is 0.245. The Labute approximate surface area is 141 Å². The van der Waals surface area contributed by atoms with Crippen LogP contribution in [0.25, 0.3) is 0 Å². The van der Waals surface area contributed by atoms with Gasteiger partial charge >= 0.3 is 0 Å². The summed E-state index contributed by atoms with van der Waals surface area (Å²) in [6.45, 7) is 2.54. The summed E-state index contributed by atoms with van der Waals surface area (Å²) in [5, 5.41) is 2.95. The van der Waals surface area contributed by atoms with Crippen molar-refractivity contribution in [3.63, 3.8) is 0 Å². The van der Waals surface area contributed by atoms with Crippen LogP contribution in [0.4, 0.5) is 8.78 Å². The van der Waals surface area contributed by atoms with E-state index in [9.17, 15) is 8.78 Å². The third-order valence-corrected chi connectivity index (χ3v) is 6.32. The third kappa shape index (κ3) is 3.42. The number of nitrogens with one attached hydrogen (secondary N) is 1. The van der Waals surface area contributed by atoms with Crippen molar-refractivity contribution < 1.29 is 8.78 Å². The molecular weight excluding hydrogens is 435 g/mol. The van der Waals surface area contributed by atoms with Crippen molar-refractivity contribution in [1.82, 2.24) is 5.32 Å². The first kappa shape index (κ1) is 16.4. The van der Waals surface area contributed by atoms with E-state index in [1.807, 2.05) is 13.0 Å². The SMILES string of the molecule is CCNC(c1cc(Br)c(Br)s1)c1cc(F)c(Cl)cc1F. The zero-order chi connectivity index (χ0) is 14.9. The zero-order valence-corrected chi connectivity index (χ0v) is 15.1. The number of hydrogen-bond acceptors (Lipinski definition) is 2. The number of hydrogen-bond donors (Lipinski definition) is 1. The molecule has 2 rings (SSSR count). The van der Waals surface area contributed by atoms with Crippen molar-refractivity contribution in [2.45, 2.75) is 13.0 Å². The predicted octanol–water partition coefficient (Wildman–Crippen LogP) is 5.90. The molecule has 1 heterocycles. The molecule has 0 aliphatic carbocycles. The lowest BCUT2D eigenvalue weighted by atomic mass is 10.0. The summed E-state index contributed by atoms with van der Waals surface area (Å²) in [6.07, 6.45) is 0. The maximum Gasteiger partial charge on any atom is 0.142 e. The quantitative estimate of drug-likeness (QED) is 0.578. The van der Waals surface area contributed by atoms with E-state index in [0.717, 1.165) is 25.3 Å². The van der Waals surface area contributed by atoms with Crippen LogP contribution in [-0.4, -0.2) is 6.54 Å². The van der Waals surface area contributed by atoms with Gasteiger partial charge in [0.1, 0.15) is 11.6 Å². The molecule has 0 fully saturated rings. The Morgan fingerprint density at radius 2 is 1.95 bits per heavy atom. The van der Waals surface area contributed by atoms with Crippen LogP contribution < -0.4 is 5.32 Å². The molecule has 1 aromatic carbocycles. The molecule has 108 valence electrons. The molecule has 2 aromatic rings. The first-order valence-corrected chi connectivity index (χ1v) is 8.54. The van der Waals surface area contributed by atoms with Crippen LogP contribution in [0.2, 0.25) is 5.02 Å².